The number of nitrogen functional groups attached to an aromatic ring is 1. The first-order chi connectivity index (χ1) is 8.47. The van der Waals surface area contributed by atoms with Gasteiger partial charge in [-0.15, -0.1) is 0 Å². The van der Waals surface area contributed by atoms with Crippen LogP contribution in [0, 0.1) is 11.7 Å². The van der Waals surface area contributed by atoms with E-state index in [0.29, 0.717) is 17.4 Å². The molecule has 0 heterocycles. The molecule has 0 aliphatic heterocycles. The molecule has 0 fully saturated rings. The van der Waals surface area contributed by atoms with E-state index in [9.17, 15) is 9.50 Å². The molecular formula is C13H21FN2O2. The number of hydrogen-bond donors (Lipinski definition) is 3. The molecule has 102 valence electrons. The van der Waals surface area contributed by atoms with Crippen LogP contribution in [0.25, 0.3) is 0 Å². The zero-order valence-electron chi connectivity index (χ0n) is 11.0. The van der Waals surface area contributed by atoms with Crippen molar-refractivity contribution in [2.24, 2.45) is 5.92 Å². The molecule has 0 saturated heterocycles. The number of methoxy groups -OCH3 is 1. The number of aliphatic hydroxyl groups excluding tert-OH is 1. The number of aliphatic hydroxyl groups is 1. The Kier molecular flexibility index (Phi) is 5.22. The predicted octanol–water partition coefficient (Wildman–Crippen LogP) is 2.24. The second kappa shape index (κ2) is 6.44. The Hall–Kier alpha value is -1.49. The Balaban J connectivity index is 2.88. The topological polar surface area (TPSA) is 67.5 Å². The van der Waals surface area contributed by atoms with Gasteiger partial charge in [0.2, 0.25) is 0 Å². The van der Waals surface area contributed by atoms with Crippen molar-refractivity contribution in [2.45, 2.75) is 26.3 Å². The van der Waals surface area contributed by atoms with E-state index in [0.717, 1.165) is 6.42 Å². The van der Waals surface area contributed by atoms with E-state index in [1.54, 1.807) is 0 Å². The van der Waals surface area contributed by atoms with E-state index in [1.807, 2.05) is 13.8 Å². The molecule has 0 bridgehead atoms. The molecule has 1 aromatic rings. The maximum absolute atomic E-state index is 13.7. The van der Waals surface area contributed by atoms with Crippen LogP contribution < -0.4 is 15.8 Å². The molecular weight excluding hydrogens is 235 g/mol. The Morgan fingerprint density at radius 1 is 1.44 bits per heavy atom. The molecule has 4 N–H and O–H groups in total. The van der Waals surface area contributed by atoms with E-state index >= 15 is 0 Å². The molecule has 1 unspecified atom stereocenters. The van der Waals surface area contributed by atoms with Gasteiger partial charge in [-0.25, -0.2) is 4.39 Å². The van der Waals surface area contributed by atoms with E-state index in [1.165, 1.54) is 19.2 Å². The minimum atomic E-state index is -0.449. The molecule has 1 aromatic carbocycles. The van der Waals surface area contributed by atoms with Crippen LogP contribution in [-0.4, -0.2) is 24.9 Å². The Labute approximate surface area is 107 Å². The molecule has 0 amide bonds. The summed E-state index contributed by atoms with van der Waals surface area (Å²) in [6.45, 7) is 4.04. The molecule has 0 aliphatic rings. The molecule has 1 atom stereocenters. The van der Waals surface area contributed by atoms with Gasteiger partial charge in [-0.2, -0.15) is 0 Å². The normalized spacial score (nSPS) is 12.6. The predicted molar refractivity (Wildman–Crippen MR) is 71.3 cm³/mol. The third-order valence-corrected chi connectivity index (χ3v) is 2.66. The van der Waals surface area contributed by atoms with Crippen molar-refractivity contribution in [3.63, 3.8) is 0 Å². The molecule has 0 aliphatic carbocycles. The van der Waals surface area contributed by atoms with Crippen LogP contribution in [0.5, 0.6) is 5.75 Å². The first-order valence-corrected chi connectivity index (χ1v) is 5.98. The van der Waals surface area contributed by atoms with Gasteiger partial charge in [0, 0.05) is 18.2 Å². The van der Waals surface area contributed by atoms with Crippen molar-refractivity contribution in [1.29, 1.82) is 0 Å². The number of benzene rings is 1. The average molecular weight is 256 g/mol. The van der Waals surface area contributed by atoms with Crippen LogP contribution in [0.4, 0.5) is 15.8 Å². The third-order valence-electron chi connectivity index (χ3n) is 2.66. The summed E-state index contributed by atoms with van der Waals surface area (Å²) in [5.41, 5.74) is 6.15. The van der Waals surface area contributed by atoms with E-state index in [2.05, 4.69) is 5.32 Å². The highest BCUT2D eigenvalue weighted by Crippen LogP contribution is 2.29. The highest BCUT2D eigenvalue weighted by molar-refractivity contribution is 5.62. The average Bonchev–Trinajstić information content (AvgIpc) is 2.30. The minimum Gasteiger partial charge on any atom is -0.495 e. The number of halogens is 1. The second-order valence-electron chi connectivity index (χ2n) is 4.73. The molecule has 0 radical (unpaired) electrons. The van der Waals surface area contributed by atoms with Crippen LogP contribution in [0.1, 0.15) is 20.3 Å². The van der Waals surface area contributed by atoms with Gasteiger partial charge in [0.1, 0.15) is 11.6 Å². The Morgan fingerprint density at radius 2 is 2.11 bits per heavy atom. The van der Waals surface area contributed by atoms with Gasteiger partial charge in [-0.3, -0.25) is 0 Å². The van der Waals surface area contributed by atoms with Gasteiger partial charge in [0.15, 0.2) is 0 Å². The fourth-order valence-electron chi connectivity index (χ4n) is 1.82. The lowest BCUT2D eigenvalue weighted by Gasteiger charge is -2.20. The summed E-state index contributed by atoms with van der Waals surface area (Å²) in [5, 5.41) is 12.2. The molecule has 0 aromatic heterocycles. The number of nitrogens with two attached hydrogens (primary N) is 1. The molecule has 0 spiro atoms. The maximum atomic E-state index is 13.7. The van der Waals surface area contributed by atoms with E-state index in [4.69, 9.17) is 10.5 Å². The van der Waals surface area contributed by atoms with Crippen LogP contribution in [-0.2, 0) is 0 Å². The van der Waals surface area contributed by atoms with Crippen molar-refractivity contribution in [3.05, 3.63) is 17.9 Å². The fourth-order valence-corrected chi connectivity index (χ4v) is 1.82. The number of rotatable bonds is 6. The molecule has 1 rings (SSSR count). The Morgan fingerprint density at radius 3 is 2.61 bits per heavy atom. The fraction of sp³-hybridized carbons (Fsp3) is 0.538. The molecule has 18 heavy (non-hydrogen) atoms. The van der Waals surface area contributed by atoms with Crippen LogP contribution >= 0.6 is 0 Å². The van der Waals surface area contributed by atoms with Crippen molar-refractivity contribution < 1.29 is 14.2 Å². The third kappa shape index (κ3) is 3.77. The highest BCUT2D eigenvalue weighted by atomic mass is 19.1. The number of anilines is 2. The van der Waals surface area contributed by atoms with Crippen LogP contribution in [0.15, 0.2) is 12.1 Å². The summed E-state index contributed by atoms with van der Waals surface area (Å²) in [6, 6.07) is 2.53. The highest BCUT2D eigenvalue weighted by Gasteiger charge is 2.14. The van der Waals surface area contributed by atoms with Crippen LogP contribution in [0.3, 0.4) is 0 Å². The zero-order chi connectivity index (χ0) is 13.7. The van der Waals surface area contributed by atoms with Gasteiger partial charge in [0.05, 0.1) is 25.1 Å². The van der Waals surface area contributed by atoms with Crippen molar-refractivity contribution in [1.82, 2.24) is 0 Å². The van der Waals surface area contributed by atoms with Crippen molar-refractivity contribution in [2.75, 3.05) is 24.8 Å². The smallest absolute Gasteiger partial charge is 0.148 e. The number of nitrogens with one attached hydrogen (secondary N) is 1. The summed E-state index contributed by atoms with van der Waals surface area (Å²) in [4.78, 5) is 0. The quantitative estimate of drug-likeness (QED) is 0.683. The first kappa shape index (κ1) is 14.6. The van der Waals surface area contributed by atoms with Gasteiger partial charge in [-0.1, -0.05) is 13.8 Å². The number of ether oxygens (including phenoxy) is 1. The summed E-state index contributed by atoms with van der Waals surface area (Å²) in [5.74, 6) is 0.379. The first-order valence-electron chi connectivity index (χ1n) is 5.98. The maximum Gasteiger partial charge on any atom is 0.148 e. The summed E-state index contributed by atoms with van der Waals surface area (Å²) >= 11 is 0. The lowest BCUT2D eigenvalue weighted by Crippen LogP contribution is -2.26. The van der Waals surface area contributed by atoms with E-state index in [-0.39, 0.29) is 18.3 Å². The lowest BCUT2D eigenvalue weighted by molar-refractivity contribution is 0.259. The lowest BCUT2D eigenvalue weighted by atomic mass is 10.0. The van der Waals surface area contributed by atoms with Gasteiger partial charge in [-0.05, 0) is 12.3 Å². The molecule has 4 nitrogen and oxygen atoms in total. The molecule has 5 heteroatoms. The van der Waals surface area contributed by atoms with Gasteiger partial charge < -0.3 is 20.9 Å². The van der Waals surface area contributed by atoms with Crippen LogP contribution in [0.2, 0.25) is 0 Å². The van der Waals surface area contributed by atoms with Crippen molar-refractivity contribution >= 4 is 11.4 Å². The monoisotopic (exact) mass is 256 g/mol. The zero-order valence-corrected chi connectivity index (χ0v) is 11.0. The SMILES string of the molecule is COc1cc(NC(CO)CC(C)C)c(F)cc1N. The number of hydrogen-bond acceptors (Lipinski definition) is 4. The van der Waals surface area contributed by atoms with E-state index < -0.39 is 5.82 Å². The van der Waals surface area contributed by atoms with Crippen molar-refractivity contribution in [3.8, 4) is 5.75 Å². The summed E-state index contributed by atoms with van der Waals surface area (Å²) < 4.78 is 18.8. The van der Waals surface area contributed by atoms with Gasteiger partial charge >= 0.3 is 0 Å². The molecule has 0 saturated carbocycles. The second-order valence-corrected chi connectivity index (χ2v) is 4.73. The largest absolute Gasteiger partial charge is 0.495 e. The Bertz CT molecular complexity index is 397. The minimum absolute atomic E-state index is 0.0513. The summed E-state index contributed by atoms with van der Waals surface area (Å²) in [6.07, 6.45) is 0.753. The standard InChI is InChI=1S/C13H21FN2O2/c1-8(2)4-9(7-17)16-12-6-13(18-3)11(15)5-10(12)14/h5-6,8-9,16-17H,4,7,15H2,1-3H3. The van der Waals surface area contributed by atoms with Gasteiger partial charge in [0.25, 0.3) is 0 Å². The summed E-state index contributed by atoms with van der Waals surface area (Å²) in [7, 11) is 1.48.